The summed E-state index contributed by atoms with van der Waals surface area (Å²) in [6.07, 6.45) is 0.271. The number of ether oxygens (including phenoxy) is 2. The number of hydrogen-bond donors (Lipinski definition) is 0. The zero-order chi connectivity index (χ0) is 8.91. The first-order valence-electron chi connectivity index (χ1n) is 3.62. The zero-order valence-electron chi connectivity index (χ0n) is 7.55. The molecule has 0 amide bonds. The highest BCUT2D eigenvalue weighted by Crippen LogP contribution is 2.20. The SMILES string of the molecule is CCC(C)(OC)C(C#N)OC. The van der Waals surface area contributed by atoms with Crippen LogP contribution in [0.3, 0.4) is 0 Å². The van der Waals surface area contributed by atoms with Gasteiger partial charge >= 0.3 is 0 Å². The summed E-state index contributed by atoms with van der Waals surface area (Å²) in [5.74, 6) is 0. The predicted octanol–water partition coefficient (Wildman–Crippen LogP) is 1.34. The van der Waals surface area contributed by atoms with Gasteiger partial charge in [0.1, 0.15) is 5.60 Å². The predicted molar refractivity (Wildman–Crippen MR) is 42.1 cm³/mol. The van der Waals surface area contributed by atoms with E-state index >= 15 is 0 Å². The molecule has 0 bridgehead atoms. The maximum absolute atomic E-state index is 8.67. The third-order valence-electron chi connectivity index (χ3n) is 2.08. The molecule has 2 atom stereocenters. The lowest BCUT2D eigenvalue weighted by Crippen LogP contribution is -2.40. The van der Waals surface area contributed by atoms with Crippen molar-refractivity contribution < 1.29 is 9.47 Å². The van der Waals surface area contributed by atoms with E-state index in [0.29, 0.717) is 0 Å². The van der Waals surface area contributed by atoms with Crippen LogP contribution in [0, 0.1) is 11.3 Å². The maximum Gasteiger partial charge on any atom is 0.171 e. The normalized spacial score (nSPS) is 18.5. The van der Waals surface area contributed by atoms with Gasteiger partial charge in [0.25, 0.3) is 0 Å². The molecule has 0 aliphatic heterocycles. The Morgan fingerprint density at radius 3 is 2.18 bits per heavy atom. The van der Waals surface area contributed by atoms with E-state index in [1.807, 2.05) is 19.9 Å². The van der Waals surface area contributed by atoms with E-state index in [-0.39, 0.29) is 0 Å². The van der Waals surface area contributed by atoms with Crippen molar-refractivity contribution in [2.24, 2.45) is 0 Å². The lowest BCUT2D eigenvalue weighted by Gasteiger charge is -2.29. The molecule has 0 aromatic rings. The summed E-state index contributed by atoms with van der Waals surface area (Å²) in [6.45, 7) is 3.83. The van der Waals surface area contributed by atoms with Crippen LogP contribution in [0.2, 0.25) is 0 Å². The standard InChI is InChI=1S/C8H15NO2/c1-5-8(2,11-4)7(6-9)10-3/h7H,5H2,1-4H3. The lowest BCUT2D eigenvalue weighted by molar-refractivity contribution is -0.0840. The minimum absolute atomic E-state index is 0.483. The van der Waals surface area contributed by atoms with Crippen molar-refractivity contribution >= 4 is 0 Å². The topological polar surface area (TPSA) is 42.2 Å². The van der Waals surface area contributed by atoms with Crippen LogP contribution in [0.15, 0.2) is 0 Å². The first-order valence-corrected chi connectivity index (χ1v) is 3.62. The summed E-state index contributed by atoms with van der Waals surface area (Å²) in [7, 11) is 3.10. The number of methoxy groups -OCH3 is 2. The van der Waals surface area contributed by atoms with Gasteiger partial charge in [-0.15, -0.1) is 0 Å². The summed E-state index contributed by atoms with van der Waals surface area (Å²) < 4.78 is 10.1. The van der Waals surface area contributed by atoms with Gasteiger partial charge in [-0.1, -0.05) is 6.92 Å². The molecule has 3 heteroatoms. The largest absolute Gasteiger partial charge is 0.375 e. The first kappa shape index (κ1) is 10.4. The van der Waals surface area contributed by atoms with Gasteiger partial charge < -0.3 is 9.47 Å². The summed E-state index contributed by atoms with van der Waals surface area (Å²) in [5.41, 5.74) is -0.483. The number of nitrogens with zero attached hydrogens (tertiary/aromatic N) is 1. The van der Waals surface area contributed by atoms with Crippen molar-refractivity contribution in [3.63, 3.8) is 0 Å². The summed E-state index contributed by atoms with van der Waals surface area (Å²) in [4.78, 5) is 0. The van der Waals surface area contributed by atoms with Crippen LogP contribution in [0.5, 0.6) is 0 Å². The summed E-state index contributed by atoms with van der Waals surface area (Å²) >= 11 is 0. The Labute approximate surface area is 67.9 Å². The van der Waals surface area contributed by atoms with Crippen molar-refractivity contribution in [2.75, 3.05) is 14.2 Å². The molecule has 0 aromatic carbocycles. The molecule has 11 heavy (non-hydrogen) atoms. The Hall–Kier alpha value is -0.590. The van der Waals surface area contributed by atoms with Crippen LogP contribution in [0.4, 0.5) is 0 Å². The zero-order valence-corrected chi connectivity index (χ0v) is 7.55. The molecule has 64 valence electrons. The smallest absolute Gasteiger partial charge is 0.171 e. The second-order valence-electron chi connectivity index (χ2n) is 2.62. The van der Waals surface area contributed by atoms with Crippen LogP contribution >= 0.6 is 0 Å². The first-order chi connectivity index (χ1) is 5.14. The molecule has 0 spiro atoms. The highest BCUT2D eigenvalue weighted by Gasteiger charge is 2.32. The molecule has 0 rings (SSSR count). The highest BCUT2D eigenvalue weighted by molar-refractivity contribution is 4.98. The van der Waals surface area contributed by atoms with E-state index in [0.717, 1.165) is 6.42 Å². The Kier molecular flexibility index (Phi) is 4.09. The second-order valence-corrected chi connectivity index (χ2v) is 2.62. The van der Waals surface area contributed by atoms with Gasteiger partial charge in [0.05, 0.1) is 6.07 Å². The van der Waals surface area contributed by atoms with Gasteiger partial charge in [0.15, 0.2) is 6.10 Å². The molecule has 0 saturated heterocycles. The van der Waals surface area contributed by atoms with Crippen molar-refractivity contribution in [3.05, 3.63) is 0 Å². The van der Waals surface area contributed by atoms with Gasteiger partial charge in [0.2, 0.25) is 0 Å². The van der Waals surface area contributed by atoms with Crippen molar-refractivity contribution in [1.82, 2.24) is 0 Å². The van der Waals surface area contributed by atoms with Crippen LogP contribution in [-0.2, 0) is 9.47 Å². The lowest BCUT2D eigenvalue weighted by atomic mass is 9.97. The molecule has 0 aliphatic carbocycles. The van der Waals surface area contributed by atoms with Crippen molar-refractivity contribution in [2.45, 2.75) is 32.0 Å². The average molecular weight is 157 g/mol. The van der Waals surface area contributed by atoms with Gasteiger partial charge in [0, 0.05) is 14.2 Å². The molecule has 0 saturated carbocycles. The monoisotopic (exact) mass is 157 g/mol. The molecular formula is C8H15NO2. The Morgan fingerprint density at radius 2 is 2.09 bits per heavy atom. The number of rotatable bonds is 4. The van der Waals surface area contributed by atoms with E-state index in [1.54, 1.807) is 7.11 Å². The van der Waals surface area contributed by atoms with E-state index in [9.17, 15) is 0 Å². The molecule has 0 aliphatic rings. The summed E-state index contributed by atoms with van der Waals surface area (Å²) in [6, 6.07) is 2.05. The number of hydrogen-bond acceptors (Lipinski definition) is 3. The summed E-state index contributed by atoms with van der Waals surface area (Å²) in [5, 5.41) is 8.67. The molecule has 0 fully saturated rings. The van der Waals surface area contributed by atoms with Crippen LogP contribution in [0.1, 0.15) is 20.3 Å². The minimum Gasteiger partial charge on any atom is -0.375 e. The fourth-order valence-corrected chi connectivity index (χ4v) is 0.875. The fraction of sp³-hybridized carbons (Fsp3) is 0.875. The molecule has 0 aromatic heterocycles. The fourth-order valence-electron chi connectivity index (χ4n) is 0.875. The Bertz CT molecular complexity index is 147. The molecule has 0 N–H and O–H groups in total. The molecule has 3 nitrogen and oxygen atoms in total. The van der Waals surface area contributed by atoms with E-state index in [2.05, 4.69) is 0 Å². The molecule has 2 unspecified atom stereocenters. The van der Waals surface area contributed by atoms with Crippen LogP contribution in [0.25, 0.3) is 0 Å². The van der Waals surface area contributed by atoms with Crippen LogP contribution in [-0.4, -0.2) is 25.9 Å². The third-order valence-corrected chi connectivity index (χ3v) is 2.08. The Balaban J connectivity index is 4.35. The van der Waals surface area contributed by atoms with Crippen molar-refractivity contribution in [3.8, 4) is 6.07 Å². The molecule has 0 heterocycles. The van der Waals surface area contributed by atoms with Gasteiger partial charge in [-0.25, -0.2) is 0 Å². The van der Waals surface area contributed by atoms with Crippen LogP contribution < -0.4 is 0 Å². The highest BCUT2D eigenvalue weighted by atomic mass is 16.5. The minimum atomic E-state index is -0.488. The van der Waals surface area contributed by atoms with Crippen molar-refractivity contribution in [1.29, 1.82) is 5.26 Å². The molecule has 0 radical (unpaired) electrons. The average Bonchev–Trinajstić information content (AvgIpc) is 2.06. The van der Waals surface area contributed by atoms with E-state index < -0.39 is 11.7 Å². The van der Waals surface area contributed by atoms with Gasteiger partial charge in [-0.05, 0) is 13.3 Å². The van der Waals surface area contributed by atoms with Gasteiger partial charge in [-0.2, -0.15) is 5.26 Å². The quantitative estimate of drug-likeness (QED) is 0.618. The van der Waals surface area contributed by atoms with E-state index in [1.165, 1.54) is 7.11 Å². The van der Waals surface area contributed by atoms with Gasteiger partial charge in [-0.3, -0.25) is 0 Å². The Morgan fingerprint density at radius 1 is 1.55 bits per heavy atom. The van der Waals surface area contributed by atoms with E-state index in [4.69, 9.17) is 14.7 Å². The maximum atomic E-state index is 8.67. The third kappa shape index (κ3) is 2.18. The molecular weight excluding hydrogens is 142 g/mol. The number of nitriles is 1. The second kappa shape index (κ2) is 4.32.